The summed E-state index contributed by atoms with van der Waals surface area (Å²) in [7, 11) is 0. The minimum atomic E-state index is -0.904. The lowest BCUT2D eigenvalue weighted by Crippen LogP contribution is -2.38. The third kappa shape index (κ3) is 4.52. The zero-order valence-corrected chi connectivity index (χ0v) is 11.2. The Labute approximate surface area is 107 Å². The molecule has 1 heterocycles. The van der Waals surface area contributed by atoms with E-state index in [9.17, 15) is 9.59 Å². The molecule has 1 aliphatic heterocycles. The van der Waals surface area contributed by atoms with Gasteiger partial charge < -0.3 is 20.5 Å². The fourth-order valence-electron chi connectivity index (χ4n) is 2.00. The predicted octanol–water partition coefficient (Wildman–Crippen LogP) is 1.05. The van der Waals surface area contributed by atoms with Crippen molar-refractivity contribution in [1.29, 1.82) is 0 Å². The normalized spacial score (nSPS) is 21.8. The van der Waals surface area contributed by atoms with Crippen LogP contribution in [0.3, 0.4) is 0 Å². The second-order valence-corrected chi connectivity index (χ2v) is 5.74. The van der Waals surface area contributed by atoms with Crippen LogP contribution >= 0.6 is 0 Å². The fraction of sp³-hybridized carbons (Fsp3) is 0.833. The molecule has 0 saturated carbocycles. The number of hydrogen-bond acceptors (Lipinski definition) is 4. The molecule has 0 aromatic heterocycles. The van der Waals surface area contributed by atoms with E-state index in [2.05, 4.69) is 0 Å². The summed E-state index contributed by atoms with van der Waals surface area (Å²) in [6, 6.07) is -0.407. The van der Waals surface area contributed by atoms with E-state index in [1.807, 2.05) is 20.8 Å². The first-order valence-electron chi connectivity index (χ1n) is 6.14. The van der Waals surface area contributed by atoms with Crippen molar-refractivity contribution in [3.05, 3.63) is 0 Å². The van der Waals surface area contributed by atoms with Crippen molar-refractivity contribution in [2.24, 2.45) is 11.7 Å². The van der Waals surface area contributed by atoms with Gasteiger partial charge in [-0.3, -0.25) is 4.79 Å². The lowest BCUT2D eigenvalue weighted by Gasteiger charge is -2.25. The summed E-state index contributed by atoms with van der Waals surface area (Å²) in [5.74, 6) is -0.869. The summed E-state index contributed by atoms with van der Waals surface area (Å²) in [6.45, 7) is 6.49. The minimum absolute atomic E-state index is 0.0358. The van der Waals surface area contributed by atoms with Crippen molar-refractivity contribution in [3.8, 4) is 0 Å². The maximum Gasteiger partial charge on any atom is 0.410 e. The molecule has 1 rings (SSSR count). The van der Waals surface area contributed by atoms with Crippen molar-refractivity contribution in [3.63, 3.8) is 0 Å². The van der Waals surface area contributed by atoms with E-state index in [-0.39, 0.29) is 18.4 Å². The van der Waals surface area contributed by atoms with Crippen molar-refractivity contribution >= 4 is 12.1 Å². The van der Waals surface area contributed by atoms with Gasteiger partial charge in [-0.15, -0.1) is 0 Å². The fourth-order valence-corrected chi connectivity index (χ4v) is 2.00. The lowest BCUT2D eigenvalue weighted by molar-refractivity contribution is -0.137. The molecule has 1 saturated heterocycles. The van der Waals surface area contributed by atoms with E-state index in [0.717, 1.165) is 6.42 Å². The van der Waals surface area contributed by atoms with Crippen LogP contribution in [0.4, 0.5) is 4.79 Å². The van der Waals surface area contributed by atoms with Gasteiger partial charge in [0.1, 0.15) is 5.60 Å². The third-order valence-electron chi connectivity index (χ3n) is 2.89. The van der Waals surface area contributed by atoms with Gasteiger partial charge in [0.25, 0.3) is 0 Å². The quantitative estimate of drug-likeness (QED) is 0.789. The maximum atomic E-state index is 11.8. The van der Waals surface area contributed by atoms with Gasteiger partial charge in [0.05, 0.1) is 6.42 Å². The van der Waals surface area contributed by atoms with E-state index in [1.54, 1.807) is 4.90 Å². The average Bonchev–Trinajstić information content (AvgIpc) is 2.61. The van der Waals surface area contributed by atoms with E-state index < -0.39 is 17.6 Å². The van der Waals surface area contributed by atoms with Crippen LogP contribution in [0.15, 0.2) is 0 Å². The Hall–Kier alpha value is -1.30. The molecule has 6 heteroatoms. The van der Waals surface area contributed by atoms with Crippen molar-refractivity contribution < 1.29 is 19.4 Å². The topological polar surface area (TPSA) is 92.9 Å². The first-order chi connectivity index (χ1) is 8.19. The van der Waals surface area contributed by atoms with E-state index in [4.69, 9.17) is 15.6 Å². The summed E-state index contributed by atoms with van der Waals surface area (Å²) in [5.41, 5.74) is 5.29. The van der Waals surface area contributed by atoms with E-state index in [0.29, 0.717) is 13.1 Å². The van der Waals surface area contributed by atoms with Crippen molar-refractivity contribution in [1.82, 2.24) is 4.90 Å². The zero-order valence-electron chi connectivity index (χ0n) is 11.2. The SMILES string of the molecule is CC(C)(C)OC(=O)N1CC[C@H]([C@@H](N)CC(=O)O)C1. The Morgan fingerprint density at radius 1 is 1.50 bits per heavy atom. The molecule has 3 N–H and O–H groups in total. The first-order valence-corrected chi connectivity index (χ1v) is 6.14. The van der Waals surface area contributed by atoms with Crippen LogP contribution in [0.25, 0.3) is 0 Å². The number of carboxylic acid groups (broad SMARTS) is 1. The molecule has 2 atom stereocenters. The van der Waals surface area contributed by atoms with Gasteiger partial charge in [0, 0.05) is 19.1 Å². The monoisotopic (exact) mass is 258 g/mol. The Balaban J connectivity index is 2.46. The first kappa shape index (κ1) is 14.8. The van der Waals surface area contributed by atoms with Crippen LogP contribution in [0.5, 0.6) is 0 Å². The van der Waals surface area contributed by atoms with Gasteiger partial charge in [-0.05, 0) is 33.1 Å². The Bertz CT molecular complexity index is 325. The van der Waals surface area contributed by atoms with Crippen LogP contribution < -0.4 is 5.73 Å². The van der Waals surface area contributed by atoms with Crippen LogP contribution in [-0.4, -0.2) is 46.8 Å². The molecule has 0 aromatic rings. The predicted molar refractivity (Wildman–Crippen MR) is 66.1 cm³/mol. The van der Waals surface area contributed by atoms with Crippen LogP contribution in [-0.2, 0) is 9.53 Å². The maximum absolute atomic E-state index is 11.8. The number of carbonyl (C=O) groups excluding carboxylic acids is 1. The highest BCUT2D eigenvalue weighted by molar-refractivity contribution is 5.69. The van der Waals surface area contributed by atoms with Gasteiger partial charge in [0.15, 0.2) is 0 Å². The molecular weight excluding hydrogens is 236 g/mol. The third-order valence-corrected chi connectivity index (χ3v) is 2.89. The molecule has 0 radical (unpaired) electrons. The number of ether oxygens (including phenoxy) is 1. The number of likely N-dealkylation sites (tertiary alicyclic amines) is 1. The zero-order chi connectivity index (χ0) is 13.9. The summed E-state index contributed by atoms with van der Waals surface area (Å²) in [4.78, 5) is 24.0. The molecule has 1 aliphatic rings. The number of hydrogen-bond donors (Lipinski definition) is 2. The van der Waals surface area contributed by atoms with Crippen LogP contribution in [0.2, 0.25) is 0 Å². The number of nitrogens with zero attached hydrogens (tertiary/aromatic N) is 1. The number of carboxylic acids is 1. The molecule has 104 valence electrons. The van der Waals surface area contributed by atoms with Crippen molar-refractivity contribution in [2.45, 2.75) is 45.3 Å². The minimum Gasteiger partial charge on any atom is -0.481 e. The number of amides is 1. The molecule has 0 unspecified atom stereocenters. The van der Waals surface area contributed by atoms with Crippen LogP contribution in [0, 0.1) is 5.92 Å². The number of nitrogens with two attached hydrogens (primary N) is 1. The number of carbonyl (C=O) groups is 2. The molecular formula is C12H22N2O4. The summed E-state index contributed by atoms with van der Waals surface area (Å²) >= 11 is 0. The second kappa shape index (κ2) is 5.56. The van der Waals surface area contributed by atoms with E-state index in [1.165, 1.54) is 0 Å². The second-order valence-electron chi connectivity index (χ2n) is 5.74. The van der Waals surface area contributed by atoms with Gasteiger partial charge >= 0.3 is 12.1 Å². The Morgan fingerprint density at radius 2 is 2.11 bits per heavy atom. The molecule has 0 aromatic carbocycles. The van der Waals surface area contributed by atoms with Gasteiger partial charge in [-0.1, -0.05) is 0 Å². The molecule has 0 aliphatic carbocycles. The van der Waals surface area contributed by atoms with E-state index >= 15 is 0 Å². The molecule has 18 heavy (non-hydrogen) atoms. The molecule has 0 bridgehead atoms. The average molecular weight is 258 g/mol. The Kier molecular flexibility index (Phi) is 4.56. The molecule has 6 nitrogen and oxygen atoms in total. The highest BCUT2D eigenvalue weighted by atomic mass is 16.6. The molecule has 0 spiro atoms. The number of rotatable bonds is 3. The van der Waals surface area contributed by atoms with Gasteiger partial charge in [-0.25, -0.2) is 4.79 Å². The summed E-state index contributed by atoms with van der Waals surface area (Å²) in [6.07, 6.45) is 0.313. The lowest BCUT2D eigenvalue weighted by atomic mass is 9.97. The van der Waals surface area contributed by atoms with Gasteiger partial charge in [-0.2, -0.15) is 0 Å². The largest absolute Gasteiger partial charge is 0.481 e. The van der Waals surface area contributed by atoms with Crippen molar-refractivity contribution in [2.75, 3.05) is 13.1 Å². The Morgan fingerprint density at radius 3 is 2.61 bits per heavy atom. The molecule has 1 amide bonds. The summed E-state index contributed by atoms with van der Waals surface area (Å²) in [5, 5.41) is 8.69. The smallest absolute Gasteiger partial charge is 0.410 e. The van der Waals surface area contributed by atoms with Gasteiger partial charge in [0.2, 0.25) is 0 Å². The number of aliphatic carboxylic acids is 1. The summed E-state index contributed by atoms with van der Waals surface area (Å²) < 4.78 is 5.26. The molecule has 1 fully saturated rings. The standard InChI is InChI=1S/C12H22N2O4/c1-12(2,3)18-11(17)14-5-4-8(7-14)9(13)6-10(15)16/h8-9H,4-7,13H2,1-3H3,(H,15,16)/t8-,9-/m0/s1. The highest BCUT2D eigenvalue weighted by Gasteiger charge is 2.33. The van der Waals surface area contributed by atoms with Crippen LogP contribution in [0.1, 0.15) is 33.6 Å². The highest BCUT2D eigenvalue weighted by Crippen LogP contribution is 2.22.